The SMILES string of the molecule is CCCCCC(O)(O)C(O)(O)O. The Morgan fingerprint density at radius 1 is 0.917 bits per heavy atom. The summed E-state index contributed by atoms with van der Waals surface area (Å²) in [6, 6.07) is 0. The molecule has 0 aliphatic carbocycles. The molecule has 0 heterocycles. The van der Waals surface area contributed by atoms with Crippen LogP contribution < -0.4 is 0 Å². The van der Waals surface area contributed by atoms with Gasteiger partial charge in [-0.25, -0.2) is 0 Å². The second kappa shape index (κ2) is 4.15. The lowest BCUT2D eigenvalue weighted by Gasteiger charge is -2.29. The third-order valence-electron chi connectivity index (χ3n) is 1.67. The van der Waals surface area contributed by atoms with E-state index < -0.39 is 11.8 Å². The van der Waals surface area contributed by atoms with Crippen LogP contribution >= 0.6 is 0 Å². The third kappa shape index (κ3) is 3.46. The van der Waals surface area contributed by atoms with E-state index in [-0.39, 0.29) is 6.42 Å². The molecule has 0 aliphatic heterocycles. The lowest BCUT2D eigenvalue weighted by atomic mass is 10.1. The molecule has 0 bridgehead atoms. The maximum absolute atomic E-state index is 8.88. The Hall–Kier alpha value is -0.200. The van der Waals surface area contributed by atoms with Gasteiger partial charge in [0.25, 0.3) is 0 Å². The highest BCUT2D eigenvalue weighted by Gasteiger charge is 2.45. The van der Waals surface area contributed by atoms with Gasteiger partial charge in [0.1, 0.15) is 0 Å². The lowest BCUT2D eigenvalue weighted by molar-refractivity contribution is -0.447. The molecule has 0 spiro atoms. The van der Waals surface area contributed by atoms with Crippen molar-refractivity contribution < 1.29 is 25.5 Å². The molecule has 0 atom stereocenters. The molecular formula is C7H16O5. The first kappa shape index (κ1) is 11.8. The number of hydrogen-bond acceptors (Lipinski definition) is 5. The minimum absolute atomic E-state index is 0.273. The molecule has 5 heteroatoms. The smallest absolute Gasteiger partial charge is 0.332 e. The summed E-state index contributed by atoms with van der Waals surface area (Å²) in [4.78, 5) is 0. The van der Waals surface area contributed by atoms with Crippen molar-refractivity contribution in [3.8, 4) is 0 Å². The highest BCUT2D eigenvalue weighted by Crippen LogP contribution is 2.20. The zero-order valence-corrected chi connectivity index (χ0v) is 7.06. The highest BCUT2D eigenvalue weighted by molar-refractivity contribution is 4.71. The fourth-order valence-corrected chi connectivity index (χ4v) is 0.789. The summed E-state index contributed by atoms with van der Waals surface area (Å²) < 4.78 is 0. The minimum Gasteiger partial charge on any atom is -0.359 e. The van der Waals surface area contributed by atoms with Gasteiger partial charge in [-0.15, -0.1) is 0 Å². The van der Waals surface area contributed by atoms with Gasteiger partial charge >= 0.3 is 5.97 Å². The molecule has 0 aromatic rings. The van der Waals surface area contributed by atoms with Crippen LogP contribution in [0.15, 0.2) is 0 Å². The summed E-state index contributed by atoms with van der Waals surface area (Å²) >= 11 is 0. The molecule has 5 N–H and O–H groups in total. The Balaban J connectivity index is 3.88. The molecule has 0 saturated carbocycles. The van der Waals surface area contributed by atoms with Crippen LogP contribution in [0.3, 0.4) is 0 Å². The quantitative estimate of drug-likeness (QED) is 0.272. The molecule has 0 unspecified atom stereocenters. The maximum atomic E-state index is 8.88. The van der Waals surface area contributed by atoms with Gasteiger partial charge in [0, 0.05) is 6.42 Å². The Kier molecular flexibility index (Phi) is 4.09. The topological polar surface area (TPSA) is 101 Å². The minimum atomic E-state index is -3.44. The molecule has 74 valence electrons. The van der Waals surface area contributed by atoms with Crippen molar-refractivity contribution in [3.63, 3.8) is 0 Å². The van der Waals surface area contributed by atoms with Gasteiger partial charge < -0.3 is 25.5 Å². The zero-order valence-electron chi connectivity index (χ0n) is 7.06. The molecule has 0 aromatic carbocycles. The first-order valence-electron chi connectivity index (χ1n) is 3.93. The zero-order chi connectivity index (χ0) is 9.83. The van der Waals surface area contributed by atoms with Crippen molar-refractivity contribution in [3.05, 3.63) is 0 Å². The Morgan fingerprint density at radius 2 is 1.42 bits per heavy atom. The van der Waals surface area contributed by atoms with E-state index in [0.29, 0.717) is 6.42 Å². The van der Waals surface area contributed by atoms with Crippen molar-refractivity contribution in [1.29, 1.82) is 0 Å². The van der Waals surface area contributed by atoms with Crippen LogP contribution in [-0.2, 0) is 0 Å². The van der Waals surface area contributed by atoms with Gasteiger partial charge in [0.05, 0.1) is 0 Å². The summed E-state index contributed by atoms with van der Waals surface area (Å²) in [5.74, 6) is -6.29. The Labute approximate surface area is 70.9 Å². The number of rotatable bonds is 5. The Morgan fingerprint density at radius 3 is 1.75 bits per heavy atom. The van der Waals surface area contributed by atoms with Crippen molar-refractivity contribution in [2.45, 2.75) is 44.4 Å². The van der Waals surface area contributed by atoms with Gasteiger partial charge in [-0.1, -0.05) is 19.8 Å². The van der Waals surface area contributed by atoms with Gasteiger partial charge in [0.15, 0.2) is 0 Å². The van der Waals surface area contributed by atoms with Crippen molar-refractivity contribution in [2.24, 2.45) is 0 Å². The largest absolute Gasteiger partial charge is 0.359 e. The first-order chi connectivity index (χ1) is 5.31. The fraction of sp³-hybridized carbons (Fsp3) is 1.00. The van der Waals surface area contributed by atoms with Crippen LogP contribution in [0.2, 0.25) is 0 Å². The van der Waals surface area contributed by atoms with E-state index in [0.717, 1.165) is 12.8 Å². The normalized spacial score (nSPS) is 13.5. The Bertz CT molecular complexity index is 126. The van der Waals surface area contributed by atoms with Crippen LogP contribution in [0.1, 0.15) is 32.6 Å². The van der Waals surface area contributed by atoms with E-state index in [1.165, 1.54) is 0 Å². The van der Waals surface area contributed by atoms with Gasteiger partial charge in [0.2, 0.25) is 5.79 Å². The predicted molar refractivity (Wildman–Crippen MR) is 40.7 cm³/mol. The van der Waals surface area contributed by atoms with Crippen molar-refractivity contribution in [2.75, 3.05) is 0 Å². The number of aliphatic hydroxyl groups is 5. The van der Waals surface area contributed by atoms with Gasteiger partial charge in [-0.2, -0.15) is 0 Å². The summed E-state index contributed by atoms with van der Waals surface area (Å²) in [5.41, 5.74) is 0. The lowest BCUT2D eigenvalue weighted by Crippen LogP contribution is -2.54. The second-order valence-corrected chi connectivity index (χ2v) is 2.91. The van der Waals surface area contributed by atoms with Crippen LogP contribution in [0.5, 0.6) is 0 Å². The van der Waals surface area contributed by atoms with Gasteiger partial charge in [-0.05, 0) is 6.42 Å². The molecule has 0 aromatic heterocycles. The predicted octanol–water partition coefficient (Wildman–Crippen LogP) is -1.12. The monoisotopic (exact) mass is 180 g/mol. The van der Waals surface area contributed by atoms with Crippen LogP contribution in [0, 0.1) is 0 Å². The molecule has 0 saturated heterocycles. The van der Waals surface area contributed by atoms with Crippen molar-refractivity contribution in [1.82, 2.24) is 0 Å². The maximum Gasteiger partial charge on any atom is 0.332 e. The molecule has 0 fully saturated rings. The third-order valence-corrected chi connectivity index (χ3v) is 1.67. The summed E-state index contributed by atoms with van der Waals surface area (Å²) in [7, 11) is 0. The van der Waals surface area contributed by atoms with Crippen molar-refractivity contribution >= 4 is 0 Å². The van der Waals surface area contributed by atoms with E-state index in [1.807, 2.05) is 6.92 Å². The van der Waals surface area contributed by atoms with Gasteiger partial charge in [-0.3, -0.25) is 0 Å². The van der Waals surface area contributed by atoms with E-state index in [2.05, 4.69) is 0 Å². The molecule has 12 heavy (non-hydrogen) atoms. The number of unbranched alkanes of at least 4 members (excludes halogenated alkanes) is 2. The highest BCUT2D eigenvalue weighted by atomic mass is 16.7. The van der Waals surface area contributed by atoms with E-state index in [9.17, 15) is 0 Å². The van der Waals surface area contributed by atoms with E-state index in [1.54, 1.807) is 0 Å². The van der Waals surface area contributed by atoms with Crippen LogP contribution in [-0.4, -0.2) is 37.3 Å². The summed E-state index contributed by atoms with van der Waals surface area (Å²) in [5, 5.41) is 43.1. The van der Waals surface area contributed by atoms with E-state index in [4.69, 9.17) is 25.5 Å². The molecule has 0 radical (unpaired) electrons. The average molecular weight is 180 g/mol. The van der Waals surface area contributed by atoms with Crippen LogP contribution in [0.25, 0.3) is 0 Å². The molecule has 5 nitrogen and oxygen atoms in total. The second-order valence-electron chi connectivity index (χ2n) is 2.91. The molecule has 0 rings (SSSR count). The summed E-state index contributed by atoms with van der Waals surface area (Å²) in [6.07, 6.45) is 1.74. The molecular weight excluding hydrogens is 164 g/mol. The average Bonchev–Trinajstić information content (AvgIpc) is 1.85. The molecule has 0 aliphatic rings. The standard InChI is InChI=1S/C7H16O5/c1-2-3-4-5-6(8,9)7(10,11)12/h8-12H,2-5H2,1H3. The molecule has 0 amide bonds. The van der Waals surface area contributed by atoms with E-state index >= 15 is 0 Å². The van der Waals surface area contributed by atoms with Crippen LogP contribution in [0.4, 0.5) is 0 Å². The first-order valence-corrected chi connectivity index (χ1v) is 3.93. The summed E-state index contributed by atoms with van der Waals surface area (Å²) in [6.45, 7) is 1.92. The number of hydrogen-bond donors (Lipinski definition) is 5. The fourth-order valence-electron chi connectivity index (χ4n) is 0.789.